The summed E-state index contributed by atoms with van der Waals surface area (Å²) in [6.07, 6.45) is 0. The van der Waals surface area contributed by atoms with Crippen molar-refractivity contribution in [1.29, 1.82) is 0 Å². The van der Waals surface area contributed by atoms with E-state index in [1.54, 1.807) is 18.2 Å². The number of fused-ring (bicyclic) bond motifs is 1. The van der Waals surface area contributed by atoms with Crippen LogP contribution in [-0.2, 0) is 6.54 Å². The van der Waals surface area contributed by atoms with E-state index in [9.17, 15) is 9.59 Å². The maximum absolute atomic E-state index is 12.6. The summed E-state index contributed by atoms with van der Waals surface area (Å²) >= 11 is 0. The maximum atomic E-state index is 12.6. The molecule has 27 heavy (non-hydrogen) atoms. The minimum atomic E-state index is -0.164. The fourth-order valence-electron chi connectivity index (χ4n) is 3.13. The van der Waals surface area contributed by atoms with Crippen LogP contribution < -0.4 is 10.9 Å². The van der Waals surface area contributed by atoms with Crippen LogP contribution in [-0.4, -0.2) is 10.9 Å². The van der Waals surface area contributed by atoms with E-state index in [2.05, 4.69) is 10.3 Å². The lowest BCUT2D eigenvalue weighted by molar-refractivity contribution is 0.0951. The normalized spacial score (nSPS) is 10.7. The van der Waals surface area contributed by atoms with Crippen LogP contribution in [0.5, 0.6) is 0 Å². The van der Waals surface area contributed by atoms with Crippen molar-refractivity contribution >= 4 is 16.8 Å². The summed E-state index contributed by atoms with van der Waals surface area (Å²) in [5.41, 5.74) is 3.90. The van der Waals surface area contributed by atoms with Gasteiger partial charge in [-0.05, 0) is 34.9 Å². The van der Waals surface area contributed by atoms with E-state index in [-0.39, 0.29) is 11.5 Å². The molecule has 0 saturated heterocycles. The van der Waals surface area contributed by atoms with Gasteiger partial charge in [-0.15, -0.1) is 0 Å². The zero-order valence-corrected chi connectivity index (χ0v) is 14.6. The standard InChI is InChI=1S/C23H18N2O2/c26-22-14-19(17-9-5-2-6-10-17)20-13-18(11-12-21(20)25-22)23(27)24-15-16-7-3-1-4-8-16/h1-14H,15H2,(H,24,27)(H,25,26). The van der Waals surface area contributed by atoms with Gasteiger partial charge >= 0.3 is 0 Å². The van der Waals surface area contributed by atoms with Crippen LogP contribution in [0.2, 0.25) is 0 Å². The third-order valence-corrected chi connectivity index (χ3v) is 4.49. The molecule has 0 saturated carbocycles. The summed E-state index contributed by atoms with van der Waals surface area (Å²) in [5, 5.41) is 3.78. The molecule has 1 amide bonds. The zero-order valence-electron chi connectivity index (χ0n) is 14.6. The molecule has 4 heteroatoms. The van der Waals surface area contributed by atoms with Crippen molar-refractivity contribution in [3.05, 3.63) is 106 Å². The zero-order chi connectivity index (χ0) is 18.6. The van der Waals surface area contributed by atoms with Crippen LogP contribution in [0.15, 0.2) is 89.7 Å². The number of hydrogen-bond donors (Lipinski definition) is 2. The highest BCUT2D eigenvalue weighted by atomic mass is 16.1. The first-order valence-corrected chi connectivity index (χ1v) is 8.75. The smallest absolute Gasteiger partial charge is 0.251 e. The molecular formula is C23H18N2O2. The predicted molar refractivity (Wildman–Crippen MR) is 108 cm³/mol. The molecule has 4 nitrogen and oxygen atoms in total. The number of hydrogen-bond acceptors (Lipinski definition) is 2. The van der Waals surface area contributed by atoms with E-state index in [1.165, 1.54) is 0 Å². The molecule has 0 aliphatic rings. The molecule has 0 unspecified atom stereocenters. The van der Waals surface area contributed by atoms with Gasteiger partial charge in [0.25, 0.3) is 5.91 Å². The molecular weight excluding hydrogens is 336 g/mol. The van der Waals surface area contributed by atoms with Crippen LogP contribution in [0.4, 0.5) is 0 Å². The molecule has 0 aliphatic heterocycles. The van der Waals surface area contributed by atoms with Crippen molar-refractivity contribution in [2.24, 2.45) is 0 Å². The quantitative estimate of drug-likeness (QED) is 0.579. The molecule has 0 atom stereocenters. The maximum Gasteiger partial charge on any atom is 0.251 e. The first-order valence-electron chi connectivity index (χ1n) is 8.75. The molecule has 0 fully saturated rings. The number of carbonyl (C=O) groups is 1. The second-order valence-corrected chi connectivity index (χ2v) is 6.34. The summed E-state index contributed by atoms with van der Waals surface area (Å²) < 4.78 is 0. The van der Waals surface area contributed by atoms with Gasteiger partial charge in [0.1, 0.15) is 0 Å². The number of pyridine rings is 1. The number of nitrogens with one attached hydrogen (secondary N) is 2. The van der Waals surface area contributed by atoms with Gasteiger partial charge in [0.2, 0.25) is 5.56 Å². The van der Waals surface area contributed by atoms with Gasteiger partial charge in [0.15, 0.2) is 0 Å². The highest BCUT2D eigenvalue weighted by Gasteiger charge is 2.11. The number of amides is 1. The van der Waals surface area contributed by atoms with Gasteiger partial charge in [-0.25, -0.2) is 0 Å². The monoisotopic (exact) mass is 354 g/mol. The molecule has 0 radical (unpaired) electrons. The SMILES string of the molecule is O=C(NCc1ccccc1)c1ccc2[nH]c(=O)cc(-c3ccccc3)c2c1. The van der Waals surface area contributed by atoms with Gasteiger partial charge < -0.3 is 10.3 Å². The molecule has 0 spiro atoms. The number of aromatic amines is 1. The predicted octanol–water partition coefficient (Wildman–Crippen LogP) is 4.13. The van der Waals surface area contributed by atoms with Gasteiger partial charge in [0.05, 0.1) is 0 Å². The summed E-state index contributed by atoms with van der Waals surface area (Å²) in [5.74, 6) is -0.147. The van der Waals surface area contributed by atoms with E-state index in [0.717, 1.165) is 22.1 Å². The highest BCUT2D eigenvalue weighted by Crippen LogP contribution is 2.26. The fraction of sp³-hybridized carbons (Fsp3) is 0.0435. The second kappa shape index (κ2) is 7.30. The molecule has 4 aromatic rings. The van der Waals surface area contributed by atoms with E-state index in [1.807, 2.05) is 66.7 Å². The minimum Gasteiger partial charge on any atom is -0.348 e. The Labute approximate surface area is 156 Å². The van der Waals surface area contributed by atoms with Gasteiger partial charge in [-0.2, -0.15) is 0 Å². The molecule has 132 valence electrons. The van der Waals surface area contributed by atoms with Crippen molar-refractivity contribution in [1.82, 2.24) is 10.3 Å². The van der Waals surface area contributed by atoms with Crippen molar-refractivity contribution in [3.8, 4) is 11.1 Å². The second-order valence-electron chi connectivity index (χ2n) is 6.34. The van der Waals surface area contributed by atoms with E-state index in [0.29, 0.717) is 17.6 Å². The van der Waals surface area contributed by atoms with Gasteiger partial charge in [-0.3, -0.25) is 9.59 Å². The first-order chi connectivity index (χ1) is 13.2. The topological polar surface area (TPSA) is 62.0 Å². The number of aromatic nitrogens is 1. The number of rotatable bonds is 4. The van der Waals surface area contributed by atoms with Gasteiger partial charge in [0, 0.05) is 29.1 Å². The van der Waals surface area contributed by atoms with Crippen molar-refractivity contribution < 1.29 is 4.79 Å². The Morgan fingerprint density at radius 3 is 2.30 bits per heavy atom. The van der Waals surface area contributed by atoms with Gasteiger partial charge in [-0.1, -0.05) is 60.7 Å². The Morgan fingerprint density at radius 1 is 0.852 bits per heavy atom. The number of benzene rings is 3. The van der Waals surface area contributed by atoms with E-state index >= 15 is 0 Å². The Kier molecular flexibility index (Phi) is 4.54. The van der Waals surface area contributed by atoms with Crippen LogP contribution in [0.3, 0.4) is 0 Å². The third kappa shape index (κ3) is 3.65. The summed E-state index contributed by atoms with van der Waals surface area (Å²) in [6, 6.07) is 26.4. The van der Waals surface area contributed by atoms with Crippen LogP contribution in [0.25, 0.3) is 22.0 Å². The van der Waals surface area contributed by atoms with E-state index < -0.39 is 0 Å². The minimum absolute atomic E-state index is 0.147. The third-order valence-electron chi connectivity index (χ3n) is 4.49. The van der Waals surface area contributed by atoms with Crippen LogP contribution in [0.1, 0.15) is 15.9 Å². The average molecular weight is 354 g/mol. The Balaban J connectivity index is 1.70. The lowest BCUT2D eigenvalue weighted by atomic mass is 9.99. The molecule has 2 N–H and O–H groups in total. The van der Waals surface area contributed by atoms with Crippen molar-refractivity contribution in [2.45, 2.75) is 6.54 Å². The van der Waals surface area contributed by atoms with E-state index in [4.69, 9.17) is 0 Å². The summed E-state index contributed by atoms with van der Waals surface area (Å²) in [6.45, 7) is 0.467. The van der Waals surface area contributed by atoms with Crippen molar-refractivity contribution in [2.75, 3.05) is 0 Å². The number of carbonyl (C=O) groups excluding carboxylic acids is 1. The lowest BCUT2D eigenvalue weighted by Gasteiger charge is -2.10. The van der Waals surface area contributed by atoms with Crippen molar-refractivity contribution in [3.63, 3.8) is 0 Å². The van der Waals surface area contributed by atoms with Crippen LogP contribution in [0, 0.1) is 0 Å². The fourth-order valence-corrected chi connectivity index (χ4v) is 3.13. The van der Waals surface area contributed by atoms with Crippen LogP contribution >= 0.6 is 0 Å². The Morgan fingerprint density at radius 2 is 1.56 bits per heavy atom. The summed E-state index contributed by atoms with van der Waals surface area (Å²) in [4.78, 5) is 27.5. The first kappa shape index (κ1) is 16.8. The Bertz CT molecular complexity index is 1150. The Hall–Kier alpha value is -3.66. The highest BCUT2D eigenvalue weighted by molar-refractivity contribution is 6.01. The molecule has 4 rings (SSSR count). The molecule has 0 aliphatic carbocycles. The molecule has 1 heterocycles. The molecule has 0 bridgehead atoms. The number of H-pyrrole nitrogens is 1. The summed E-state index contributed by atoms with van der Waals surface area (Å²) in [7, 11) is 0. The lowest BCUT2D eigenvalue weighted by Crippen LogP contribution is -2.22. The average Bonchev–Trinajstić information content (AvgIpc) is 2.72. The molecule has 3 aromatic carbocycles. The largest absolute Gasteiger partial charge is 0.348 e. The molecule has 1 aromatic heterocycles.